The van der Waals surface area contributed by atoms with Gasteiger partial charge in [0.2, 0.25) is 0 Å². The molecule has 0 atom stereocenters. The SMILES string of the molecule is CC.CSN1CCN(c2cc(/N=C(\C)NNC(C)C)nc(/C=C/c3ccccc3)n2)CC1. The summed E-state index contributed by atoms with van der Waals surface area (Å²) >= 11 is 1.80. The highest BCUT2D eigenvalue weighted by Gasteiger charge is 2.18. The van der Waals surface area contributed by atoms with E-state index in [1.165, 1.54) is 0 Å². The Bertz CT molecular complexity index is 860. The molecule has 0 spiro atoms. The first kappa shape index (κ1) is 25.8. The second kappa shape index (κ2) is 13.9. The maximum atomic E-state index is 4.80. The average Bonchev–Trinajstić information content (AvgIpc) is 2.83. The van der Waals surface area contributed by atoms with Gasteiger partial charge >= 0.3 is 0 Å². The van der Waals surface area contributed by atoms with E-state index in [1.54, 1.807) is 11.9 Å². The molecule has 8 heteroatoms. The fraction of sp³-hybridized carbons (Fsp3) is 0.458. The highest BCUT2D eigenvalue weighted by Crippen LogP contribution is 2.22. The van der Waals surface area contributed by atoms with E-state index >= 15 is 0 Å². The van der Waals surface area contributed by atoms with E-state index in [1.807, 2.05) is 57.2 Å². The standard InChI is InChI=1S/C22H31N7S.C2H6/c1-17(2)26-27-18(3)23-21-16-22(28-12-14-29(30-4)15-13-28)25-20(24-21)11-10-19-8-6-5-7-9-19;1-2/h5-11,16-17,26H,12-15H2,1-4H3,(H,23,24,25,27);1-2H3/b11-10+;. The zero-order valence-electron chi connectivity index (χ0n) is 20.2. The molecule has 0 unspecified atom stereocenters. The number of benzene rings is 1. The number of amidine groups is 1. The average molecular weight is 456 g/mol. The van der Waals surface area contributed by atoms with Gasteiger partial charge in [0, 0.05) is 38.3 Å². The zero-order valence-corrected chi connectivity index (χ0v) is 21.0. The van der Waals surface area contributed by atoms with Crippen LogP contribution in [0, 0.1) is 0 Å². The van der Waals surface area contributed by atoms with E-state index < -0.39 is 0 Å². The van der Waals surface area contributed by atoms with Crippen LogP contribution in [0.2, 0.25) is 0 Å². The van der Waals surface area contributed by atoms with Gasteiger partial charge in [0.05, 0.1) is 0 Å². The quantitative estimate of drug-likeness (QED) is 0.273. The number of aromatic nitrogens is 2. The third-order valence-electron chi connectivity index (χ3n) is 4.59. The molecule has 2 N–H and O–H groups in total. The number of nitrogens with one attached hydrogen (secondary N) is 2. The normalized spacial score (nSPS) is 15.1. The lowest BCUT2D eigenvalue weighted by Crippen LogP contribution is -2.43. The molecule has 0 amide bonds. The second-order valence-electron chi connectivity index (χ2n) is 7.41. The Morgan fingerprint density at radius 2 is 1.75 bits per heavy atom. The summed E-state index contributed by atoms with van der Waals surface area (Å²) in [6, 6.07) is 12.5. The van der Waals surface area contributed by atoms with Crippen molar-refractivity contribution in [1.82, 2.24) is 25.1 Å². The molecule has 174 valence electrons. The van der Waals surface area contributed by atoms with Crippen molar-refractivity contribution >= 4 is 41.6 Å². The van der Waals surface area contributed by atoms with Crippen molar-refractivity contribution in [1.29, 1.82) is 0 Å². The van der Waals surface area contributed by atoms with Gasteiger partial charge in [-0.1, -0.05) is 62.2 Å². The van der Waals surface area contributed by atoms with Crippen molar-refractivity contribution in [2.75, 3.05) is 37.3 Å². The van der Waals surface area contributed by atoms with Crippen LogP contribution in [-0.4, -0.2) is 58.6 Å². The zero-order chi connectivity index (χ0) is 23.3. The van der Waals surface area contributed by atoms with Gasteiger partial charge < -0.3 is 10.3 Å². The first-order valence-electron chi connectivity index (χ1n) is 11.3. The lowest BCUT2D eigenvalue weighted by atomic mass is 10.2. The molecule has 1 saturated heterocycles. The van der Waals surface area contributed by atoms with Gasteiger partial charge in [-0.2, -0.15) is 0 Å². The molecule has 1 aromatic heterocycles. The van der Waals surface area contributed by atoms with Crippen molar-refractivity contribution in [3.8, 4) is 0 Å². The molecule has 32 heavy (non-hydrogen) atoms. The number of hydrazine groups is 1. The third kappa shape index (κ3) is 8.61. The molecule has 1 fully saturated rings. The summed E-state index contributed by atoms with van der Waals surface area (Å²) in [5, 5.41) is 0. The van der Waals surface area contributed by atoms with E-state index in [2.05, 4.69) is 62.3 Å². The molecule has 1 aliphatic heterocycles. The summed E-state index contributed by atoms with van der Waals surface area (Å²) < 4.78 is 2.37. The van der Waals surface area contributed by atoms with Crippen LogP contribution in [0.15, 0.2) is 41.4 Å². The number of anilines is 1. The maximum Gasteiger partial charge on any atom is 0.160 e. The van der Waals surface area contributed by atoms with E-state index in [9.17, 15) is 0 Å². The van der Waals surface area contributed by atoms with Crippen LogP contribution in [0.25, 0.3) is 12.2 Å². The number of hydrogen-bond acceptors (Lipinski definition) is 7. The molecule has 7 nitrogen and oxygen atoms in total. The van der Waals surface area contributed by atoms with Crippen LogP contribution in [-0.2, 0) is 0 Å². The molecule has 2 aromatic rings. The fourth-order valence-electron chi connectivity index (χ4n) is 3.02. The Morgan fingerprint density at radius 3 is 2.38 bits per heavy atom. The molecule has 0 saturated carbocycles. The molecule has 0 aliphatic carbocycles. The highest BCUT2D eigenvalue weighted by atomic mass is 32.2. The molecule has 3 rings (SSSR count). The molecule has 1 aliphatic rings. The molecule has 0 bridgehead atoms. The summed E-state index contributed by atoms with van der Waals surface area (Å²) in [7, 11) is 0. The topological polar surface area (TPSA) is 68.7 Å². The minimum Gasteiger partial charge on any atom is -0.354 e. The minimum absolute atomic E-state index is 0.313. The number of aliphatic imine (C=N–C) groups is 1. The molecule has 1 aromatic carbocycles. The summed E-state index contributed by atoms with van der Waals surface area (Å²) in [6.45, 7) is 14.0. The van der Waals surface area contributed by atoms with Crippen LogP contribution in [0.3, 0.4) is 0 Å². The van der Waals surface area contributed by atoms with Crippen molar-refractivity contribution in [3.05, 3.63) is 47.8 Å². The number of hydrogen-bond donors (Lipinski definition) is 2. The second-order valence-corrected chi connectivity index (χ2v) is 8.29. The van der Waals surface area contributed by atoms with Crippen LogP contribution in [0.5, 0.6) is 0 Å². The van der Waals surface area contributed by atoms with Crippen molar-refractivity contribution < 1.29 is 0 Å². The summed E-state index contributed by atoms with van der Waals surface area (Å²) in [5.41, 5.74) is 7.39. The van der Waals surface area contributed by atoms with Gasteiger partial charge in [0.15, 0.2) is 11.6 Å². The lowest BCUT2D eigenvalue weighted by Gasteiger charge is -2.34. The Balaban J connectivity index is 0.00000176. The minimum atomic E-state index is 0.313. The Kier molecular flexibility index (Phi) is 11.2. The van der Waals surface area contributed by atoms with Crippen LogP contribution < -0.4 is 15.8 Å². The summed E-state index contributed by atoms with van der Waals surface area (Å²) in [4.78, 5) is 16.4. The predicted octanol–water partition coefficient (Wildman–Crippen LogP) is 4.63. The number of nitrogens with zero attached hydrogens (tertiary/aromatic N) is 5. The van der Waals surface area contributed by atoms with Crippen LogP contribution >= 0.6 is 11.9 Å². The molecular weight excluding hydrogens is 418 g/mol. The van der Waals surface area contributed by atoms with Gasteiger partial charge in [-0.25, -0.2) is 24.7 Å². The first-order valence-corrected chi connectivity index (χ1v) is 12.4. The third-order valence-corrected chi connectivity index (χ3v) is 5.47. The lowest BCUT2D eigenvalue weighted by molar-refractivity contribution is 0.429. The van der Waals surface area contributed by atoms with Gasteiger partial charge in [0.1, 0.15) is 11.7 Å². The fourth-order valence-corrected chi connectivity index (χ4v) is 3.55. The van der Waals surface area contributed by atoms with E-state index in [4.69, 9.17) is 4.98 Å². The van der Waals surface area contributed by atoms with E-state index in [0.29, 0.717) is 17.7 Å². The van der Waals surface area contributed by atoms with E-state index in [0.717, 1.165) is 43.4 Å². The molecule has 0 radical (unpaired) electrons. The van der Waals surface area contributed by atoms with Crippen molar-refractivity contribution in [3.63, 3.8) is 0 Å². The Labute approximate surface area is 197 Å². The Hall–Kier alpha value is -2.42. The summed E-state index contributed by atoms with van der Waals surface area (Å²) in [5.74, 6) is 2.99. The van der Waals surface area contributed by atoms with Crippen molar-refractivity contribution in [2.24, 2.45) is 4.99 Å². The van der Waals surface area contributed by atoms with Crippen LogP contribution in [0.1, 0.15) is 46.0 Å². The Morgan fingerprint density at radius 1 is 1.06 bits per heavy atom. The highest BCUT2D eigenvalue weighted by molar-refractivity contribution is 7.96. The van der Waals surface area contributed by atoms with Crippen molar-refractivity contribution in [2.45, 2.75) is 40.7 Å². The van der Waals surface area contributed by atoms with Gasteiger partial charge in [0.25, 0.3) is 0 Å². The predicted molar refractivity (Wildman–Crippen MR) is 140 cm³/mol. The van der Waals surface area contributed by atoms with E-state index in [-0.39, 0.29) is 0 Å². The number of piperazine rings is 1. The van der Waals surface area contributed by atoms with Gasteiger partial charge in [-0.05, 0) is 38.7 Å². The van der Waals surface area contributed by atoms with Gasteiger partial charge in [-0.3, -0.25) is 0 Å². The molecule has 2 heterocycles. The molecular formula is C24H37N7S. The summed E-state index contributed by atoms with van der Waals surface area (Å²) in [6.07, 6.45) is 6.11. The first-order chi connectivity index (χ1) is 15.5. The van der Waals surface area contributed by atoms with Crippen LogP contribution in [0.4, 0.5) is 11.6 Å². The van der Waals surface area contributed by atoms with Gasteiger partial charge in [-0.15, -0.1) is 0 Å². The maximum absolute atomic E-state index is 4.80. The number of rotatable bonds is 7. The largest absolute Gasteiger partial charge is 0.354 e. The monoisotopic (exact) mass is 455 g/mol. The smallest absolute Gasteiger partial charge is 0.160 e.